The van der Waals surface area contributed by atoms with Crippen LogP contribution in [0.1, 0.15) is 39.5 Å². The third-order valence-corrected chi connectivity index (χ3v) is 4.00. The third-order valence-electron chi connectivity index (χ3n) is 4.00. The maximum atomic E-state index is 5.79. The molecule has 1 aliphatic heterocycles. The van der Waals surface area contributed by atoms with Gasteiger partial charge in [0, 0.05) is 25.7 Å². The molecular formula is C14H30N2O. The van der Waals surface area contributed by atoms with E-state index in [1.807, 2.05) is 0 Å². The topological polar surface area (TPSA) is 24.5 Å². The van der Waals surface area contributed by atoms with Crippen molar-refractivity contribution in [1.82, 2.24) is 10.2 Å². The highest BCUT2D eigenvalue weighted by molar-refractivity contribution is 4.76. The van der Waals surface area contributed by atoms with Crippen LogP contribution in [0.15, 0.2) is 0 Å². The molecule has 1 rings (SSSR count). The Morgan fingerprint density at radius 3 is 2.71 bits per heavy atom. The molecule has 0 aliphatic carbocycles. The summed E-state index contributed by atoms with van der Waals surface area (Å²) in [6, 6.07) is 0.591. The molecule has 0 saturated carbocycles. The zero-order chi connectivity index (χ0) is 12.7. The highest BCUT2D eigenvalue weighted by Crippen LogP contribution is 2.14. The molecule has 3 nitrogen and oxygen atoms in total. The molecule has 1 aliphatic rings. The quantitative estimate of drug-likeness (QED) is 0.740. The molecular weight excluding hydrogens is 212 g/mol. The zero-order valence-electron chi connectivity index (χ0n) is 12.0. The lowest BCUT2D eigenvalue weighted by Crippen LogP contribution is -2.44. The fourth-order valence-corrected chi connectivity index (χ4v) is 2.55. The summed E-state index contributed by atoms with van der Waals surface area (Å²) < 4.78 is 5.79. The van der Waals surface area contributed by atoms with Gasteiger partial charge in [0.2, 0.25) is 0 Å². The van der Waals surface area contributed by atoms with Crippen LogP contribution in [-0.4, -0.2) is 50.8 Å². The Morgan fingerprint density at radius 2 is 2.18 bits per heavy atom. The van der Waals surface area contributed by atoms with Crippen molar-refractivity contribution < 1.29 is 4.74 Å². The van der Waals surface area contributed by atoms with Crippen molar-refractivity contribution in [3.63, 3.8) is 0 Å². The predicted molar refractivity (Wildman–Crippen MR) is 73.4 cm³/mol. The van der Waals surface area contributed by atoms with Gasteiger partial charge in [-0.25, -0.2) is 0 Å². The van der Waals surface area contributed by atoms with Gasteiger partial charge in [0.05, 0.1) is 6.10 Å². The largest absolute Gasteiger partial charge is 0.377 e. The molecule has 3 atom stereocenters. The maximum absolute atomic E-state index is 5.79. The van der Waals surface area contributed by atoms with Gasteiger partial charge in [-0.1, -0.05) is 20.3 Å². The average Bonchev–Trinajstić information content (AvgIpc) is 2.36. The van der Waals surface area contributed by atoms with E-state index in [0.717, 1.165) is 25.6 Å². The van der Waals surface area contributed by atoms with E-state index in [0.29, 0.717) is 12.1 Å². The Kier molecular flexibility index (Phi) is 7.09. The van der Waals surface area contributed by atoms with Crippen LogP contribution in [0, 0.1) is 5.92 Å². The summed E-state index contributed by atoms with van der Waals surface area (Å²) in [5.74, 6) is 0.731. The average molecular weight is 242 g/mol. The van der Waals surface area contributed by atoms with Crippen LogP contribution in [0.25, 0.3) is 0 Å². The van der Waals surface area contributed by atoms with Crippen molar-refractivity contribution in [3.05, 3.63) is 0 Å². The first-order valence-corrected chi connectivity index (χ1v) is 7.14. The maximum Gasteiger partial charge on any atom is 0.0701 e. The van der Waals surface area contributed by atoms with Gasteiger partial charge < -0.3 is 15.0 Å². The monoisotopic (exact) mass is 242 g/mol. The molecule has 3 heteroatoms. The first-order chi connectivity index (χ1) is 8.17. The van der Waals surface area contributed by atoms with Gasteiger partial charge in [0.25, 0.3) is 0 Å². The zero-order valence-corrected chi connectivity index (χ0v) is 12.0. The Morgan fingerprint density at radius 1 is 1.41 bits per heavy atom. The highest BCUT2D eigenvalue weighted by Gasteiger charge is 2.19. The van der Waals surface area contributed by atoms with E-state index >= 15 is 0 Å². The minimum absolute atomic E-state index is 0.461. The predicted octanol–water partition coefficient (Wildman–Crippen LogP) is 2.12. The second-order valence-electron chi connectivity index (χ2n) is 5.49. The van der Waals surface area contributed by atoms with Crippen LogP contribution in [0.4, 0.5) is 0 Å². The lowest BCUT2D eigenvalue weighted by molar-refractivity contribution is -0.00329. The van der Waals surface area contributed by atoms with Crippen molar-refractivity contribution in [1.29, 1.82) is 0 Å². The smallest absolute Gasteiger partial charge is 0.0701 e. The summed E-state index contributed by atoms with van der Waals surface area (Å²) in [6.07, 6.45) is 5.51. The number of likely N-dealkylation sites (N-methyl/N-ethyl adjacent to an activating group) is 2. The minimum Gasteiger partial charge on any atom is -0.377 e. The van der Waals surface area contributed by atoms with Crippen LogP contribution in [-0.2, 0) is 4.74 Å². The number of hydrogen-bond acceptors (Lipinski definition) is 3. The normalized spacial score (nSPS) is 24.9. The number of hydrogen-bond donors (Lipinski definition) is 1. The van der Waals surface area contributed by atoms with Crippen molar-refractivity contribution >= 4 is 0 Å². The van der Waals surface area contributed by atoms with Gasteiger partial charge in [-0.3, -0.25) is 0 Å². The second kappa shape index (κ2) is 8.06. The molecule has 1 fully saturated rings. The summed E-state index contributed by atoms with van der Waals surface area (Å²) in [4.78, 5) is 2.42. The van der Waals surface area contributed by atoms with Gasteiger partial charge in [0.1, 0.15) is 0 Å². The van der Waals surface area contributed by atoms with E-state index in [-0.39, 0.29) is 0 Å². The van der Waals surface area contributed by atoms with E-state index in [1.165, 1.54) is 25.7 Å². The minimum atomic E-state index is 0.461. The van der Waals surface area contributed by atoms with Gasteiger partial charge in [-0.05, 0) is 39.3 Å². The van der Waals surface area contributed by atoms with Gasteiger partial charge in [-0.2, -0.15) is 0 Å². The first kappa shape index (κ1) is 14.9. The lowest BCUT2D eigenvalue weighted by Gasteiger charge is -2.31. The van der Waals surface area contributed by atoms with Crippen molar-refractivity contribution in [2.45, 2.75) is 51.7 Å². The number of nitrogens with one attached hydrogen (secondary N) is 1. The van der Waals surface area contributed by atoms with Gasteiger partial charge in [-0.15, -0.1) is 0 Å². The van der Waals surface area contributed by atoms with E-state index in [9.17, 15) is 0 Å². The van der Waals surface area contributed by atoms with Crippen LogP contribution < -0.4 is 5.32 Å². The molecule has 0 spiro atoms. The Bertz CT molecular complexity index is 193. The van der Waals surface area contributed by atoms with Gasteiger partial charge >= 0.3 is 0 Å². The van der Waals surface area contributed by atoms with E-state index in [4.69, 9.17) is 4.74 Å². The fourth-order valence-electron chi connectivity index (χ4n) is 2.55. The van der Waals surface area contributed by atoms with Crippen LogP contribution in [0.3, 0.4) is 0 Å². The molecule has 0 aromatic heterocycles. The van der Waals surface area contributed by atoms with Crippen molar-refractivity contribution in [2.24, 2.45) is 5.92 Å². The fraction of sp³-hybridized carbons (Fsp3) is 1.00. The van der Waals surface area contributed by atoms with E-state index in [2.05, 4.69) is 38.2 Å². The Labute approximate surface area is 107 Å². The van der Waals surface area contributed by atoms with Gasteiger partial charge in [0.15, 0.2) is 0 Å². The van der Waals surface area contributed by atoms with Crippen LogP contribution in [0.2, 0.25) is 0 Å². The molecule has 0 radical (unpaired) electrons. The SMILES string of the molecule is CCC(C)C(CN(C)CC1CCCCO1)NC. The summed E-state index contributed by atoms with van der Waals surface area (Å²) in [7, 11) is 4.28. The Balaban J connectivity index is 2.28. The molecule has 102 valence electrons. The lowest BCUT2D eigenvalue weighted by atomic mass is 9.98. The molecule has 0 aromatic rings. The molecule has 17 heavy (non-hydrogen) atoms. The molecule has 1 N–H and O–H groups in total. The highest BCUT2D eigenvalue weighted by atomic mass is 16.5. The molecule has 1 saturated heterocycles. The second-order valence-corrected chi connectivity index (χ2v) is 5.49. The standard InChI is InChI=1S/C14H30N2O/c1-5-12(2)14(15-3)11-16(4)10-13-8-6-7-9-17-13/h12-15H,5-11H2,1-4H3. The molecule has 0 aromatic carbocycles. The Hall–Kier alpha value is -0.120. The van der Waals surface area contributed by atoms with Crippen LogP contribution in [0.5, 0.6) is 0 Å². The number of rotatable bonds is 7. The van der Waals surface area contributed by atoms with E-state index < -0.39 is 0 Å². The molecule has 1 heterocycles. The van der Waals surface area contributed by atoms with Crippen molar-refractivity contribution in [3.8, 4) is 0 Å². The summed E-state index contributed by atoms with van der Waals surface area (Å²) in [5.41, 5.74) is 0. The molecule has 0 bridgehead atoms. The number of ether oxygens (including phenoxy) is 1. The van der Waals surface area contributed by atoms with Crippen molar-refractivity contribution in [2.75, 3.05) is 33.8 Å². The third kappa shape index (κ3) is 5.36. The first-order valence-electron chi connectivity index (χ1n) is 7.14. The summed E-state index contributed by atoms with van der Waals surface area (Å²) in [6.45, 7) is 7.74. The summed E-state index contributed by atoms with van der Waals surface area (Å²) >= 11 is 0. The summed E-state index contributed by atoms with van der Waals surface area (Å²) in [5, 5.41) is 3.44. The van der Waals surface area contributed by atoms with E-state index in [1.54, 1.807) is 0 Å². The molecule has 0 amide bonds. The van der Waals surface area contributed by atoms with Crippen LogP contribution >= 0.6 is 0 Å². The number of nitrogens with zero attached hydrogens (tertiary/aromatic N) is 1. The molecule has 3 unspecified atom stereocenters.